The zero-order valence-electron chi connectivity index (χ0n) is 5.29. The van der Waals surface area contributed by atoms with Gasteiger partial charge in [0.2, 0.25) is 11.8 Å². The van der Waals surface area contributed by atoms with Gasteiger partial charge in [0, 0.05) is 6.42 Å². The van der Waals surface area contributed by atoms with E-state index in [1.807, 2.05) is 6.92 Å². The smallest absolute Gasteiger partial charge is 0.230 e. The Morgan fingerprint density at radius 2 is 2.11 bits per heavy atom. The predicted octanol–water partition coefficient (Wildman–Crippen LogP) is 0.0907. The molecule has 4 nitrogen and oxygen atoms in total. The highest BCUT2D eigenvalue weighted by Gasteiger charge is 1.99. The summed E-state index contributed by atoms with van der Waals surface area (Å²) >= 11 is 0. The van der Waals surface area contributed by atoms with Crippen molar-refractivity contribution in [1.82, 2.24) is 10.2 Å². The molecule has 0 bridgehead atoms. The number of nitrogens with zero attached hydrogens (tertiary/aromatic N) is 2. The van der Waals surface area contributed by atoms with Gasteiger partial charge >= 0.3 is 0 Å². The summed E-state index contributed by atoms with van der Waals surface area (Å²) < 4.78 is 5.03. The third kappa shape index (κ3) is 1.26. The Kier molecular flexibility index (Phi) is 1.79. The topological polar surface area (TPSA) is 64.9 Å². The Morgan fingerprint density at radius 1 is 1.44 bits per heavy atom. The van der Waals surface area contributed by atoms with E-state index in [-0.39, 0.29) is 0 Å². The molecule has 0 radical (unpaired) electrons. The number of nitrogens with two attached hydrogens (primary N) is 1. The van der Waals surface area contributed by atoms with E-state index in [9.17, 15) is 0 Å². The molecule has 0 unspecified atom stereocenters. The average molecular weight is 127 g/mol. The summed E-state index contributed by atoms with van der Waals surface area (Å²) in [6.07, 6.45) is 0.771. The lowest BCUT2D eigenvalue weighted by Crippen LogP contribution is -1.95. The van der Waals surface area contributed by atoms with Crippen LogP contribution in [0.1, 0.15) is 18.7 Å². The molecule has 0 aliphatic heterocycles. The first-order valence-electron chi connectivity index (χ1n) is 2.88. The van der Waals surface area contributed by atoms with Crippen LogP contribution in [0.4, 0.5) is 0 Å². The lowest BCUT2D eigenvalue weighted by atomic mass is 10.5. The SMILES string of the molecule is CCc1nnc(CN)o1. The molecule has 0 spiro atoms. The number of aryl methyl sites for hydroxylation is 1. The predicted molar refractivity (Wildman–Crippen MR) is 31.6 cm³/mol. The summed E-state index contributed by atoms with van der Waals surface area (Å²) in [6, 6.07) is 0. The Bertz CT molecular complexity index is 166. The van der Waals surface area contributed by atoms with Gasteiger partial charge in [-0.2, -0.15) is 0 Å². The molecule has 0 atom stereocenters. The Morgan fingerprint density at radius 3 is 2.44 bits per heavy atom. The van der Waals surface area contributed by atoms with E-state index >= 15 is 0 Å². The van der Waals surface area contributed by atoms with Crippen LogP contribution in [0.2, 0.25) is 0 Å². The summed E-state index contributed by atoms with van der Waals surface area (Å²) in [7, 11) is 0. The summed E-state index contributed by atoms with van der Waals surface area (Å²) in [5, 5.41) is 7.37. The summed E-state index contributed by atoms with van der Waals surface area (Å²) in [6.45, 7) is 2.28. The van der Waals surface area contributed by atoms with Crippen molar-refractivity contribution in [1.29, 1.82) is 0 Å². The molecule has 2 N–H and O–H groups in total. The summed E-state index contributed by atoms with van der Waals surface area (Å²) in [4.78, 5) is 0. The maximum atomic E-state index is 5.22. The zero-order chi connectivity index (χ0) is 6.69. The number of aromatic nitrogens is 2. The summed E-state index contributed by atoms with van der Waals surface area (Å²) in [5.74, 6) is 1.15. The van der Waals surface area contributed by atoms with Crippen LogP contribution in [0.25, 0.3) is 0 Å². The van der Waals surface area contributed by atoms with Crippen LogP contribution in [0.3, 0.4) is 0 Å². The van der Waals surface area contributed by atoms with E-state index in [0.29, 0.717) is 18.3 Å². The maximum Gasteiger partial charge on any atom is 0.230 e. The first kappa shape index (κ1) is 6.22. The molecule has 0 fully saturated rings. The Balaban J connectivity index is 2.74. The van der Waals surface area contributed by atoms with E-state index in [2.05, 4.69) is 10.2 Å². The van der Waals surface area contributed by atoms with Crippen molar-refractivity contribution >= 4 is 0 Å². The quantitative estimate of drug-likeness (QED) is 0.611. The second-order valence-corrected chi connectivity index (χ2v) is 1.65. The average Bonchev–Trinajstić information content (AvgIpc) is 2.34. The van der Waals surface area contributed by atoms with Gasteiger partial charge in [-0.3, -0.25) is 0 Å². The highest BCUT2D eigenvalue weighted by atomic mass is 16.4. The molecule has 4 heteroatoms. The fourth-order valence-electron chi connectivity index (χ4n) is 0.514. The van der Waals surface area contributed by atoms with Gasteiger partial charge < -0.3 is 10.2 Å². The molecule has 0 saturated heterocycles. The van der Waals surface area contributed by atoms with Gasteiger partial charge in [-0.25, -0.2) is 0 Å². The van der Waals surface area contributed by atoms with Crippen LogP contribution in [-0.2, 0) is 13.0 Å². The maximum absolute atomic E-state index is 5.22. The zero-order valence-corrected chi connectivity index (χ0v) is 5.29. The van der Waals surface area contributed by atoms with Gasteiger partial charge in [0.1, 0.15) is 0 Å². The first-order chi connectivity index (χ1) is 4.36. The normalized spacial score (nSPS) is 10.0. The second-order valence-electron chi connectivity index (χ2n) is 1.65. The fourth-order valence-corrected chi connectivity index (χ4v) is 0.514. The fraction of sp³-hybridized carbons (Fsp3) is 0.600. The van der Waals surface area contributed by atoms with Crippen LogP contribution in [0.5, 0.6) is 0 Å². The van der Waals surface area contributed by atoms with Crippen LogP contribution >= 0.6 is 0 Å². The van der Waals surface area contributed by atoms with Gasteiger partial charge in [-0.15, -0.1) is 10.2 Å². The van der Waals surface area contributed by atoms with Crippen LogP contribution in [0, 0.1) is 0 Å². The Hall–Kier alpha value is -0.900. The molecule has 0 saturated carbocycles. The lowest BCUT2D eigenvalue weighted by molar-refractivity contribution is 0.456. The van der Waals surface area contributed by atoms with Gasteiger partial charge in [-0.05, 0) is 0 Å². The van der Waals surface area contributed by atoms with Gasteiger partial charge in [-0.1, -0.05) is 6.92 Å². The minimum Gasteiger partial charge on any atom is -0.424 e. The molecule has 0 aliphatic rings. The minimum absolute atomic E-state index is 0.326. The number of rotatable bonds is 2. The van der Waals surface area contributed by atoms with Crippen molar-refractivity contribution < 1.29 is 4.42 Å². The molecule has 1 aromatic heterocycles. The molecule has 1 heterocycles. The third-order valence-corrected chi connectivity index (χ3v) is 0.986. The highest BCUT2D eigenvalue weighted by molar-refractivity contribution is 4.79. The molecule has 0 aromatic carbocycles. The number of hydrogen-bond acceptors (Lipinski definition) is 4. The number of hydrogen-bond donors (Lipinski definition) is 1. The van der Waals surface area contributed by atoms with E-state index < -0.39 is 0 Å². The van der Waals surface area contributed by atoms with Gasteiger partial charge in [0.15, 0.2) is 0 Å². The van der Waals surface area contributed by atoms with E-state index in [0.717, 1.165) is 6.42 Å². The van der Waals surface area contributed by atoms with E-state index in [1.54, 1.807) is 0 Å². The standard InChI is InChI=1S/C5H9N3O/c1-2-4-7-8-5(3-6)9-4/h2-3,6H2,1H3. The highest BCUT2D eigenvalue weighted by Crippen LogP contribution is 1.97. The monoisotopic (exact) mass is 127 g/mol. The molecular formula is C5H9N3O. The molecular weight excluding hydrogens is 118 g/mol. The van der Waals surface area contributed by atoms with E-state index in [1.165, 1.54) is 0 Å². The lowest BCUT2D eigenvalue weighted by Gasteiger charge is -1.81. The molecule has 1 rings (SSSR count). The van der Waals surface area contributed by atoms with Crippen LogP contribution < -0.4 is 5.73 Å². The third-order valence-electron chi connectivity index (χ3n) is 0.986. The largest absolute Gasteiger partial charge is 0.424 e. The van der Waals surface area contributed by atoms with Gasteiger partial charge in [0.05, 0.1) is 6.54 Å². The second kappa shape index (κ2) is 2.59. The Labute approximate surface area is 53.1 Å². The first-order valence-corrected chi connectivity index (χ1v) is 2.88. The molecule has 50 valence electrons. The van der Waals surface area contributed by atoms with Crippen molar-refractivity contribution in [3.63, 3.8) is 0 Å². The molecule has 0 aliphatic carbocycles. The van der Waals surface area contributed by atoms with Crippen LogP contribution in [0.15, 0.2) is 4.42 Å². The van der Waals surface area contributed by atoms with Crippen molar-refractivity contribution in [3.05, 3.63) is 11.8 Å². The molecule has 0 amide bonds. The van der Waals surface area contributed by atoms with E-state index in [4.69, 9.17) is 10.2 Å². The van der Waals surface area contributed by atoms with Crippen molar-refractivity contribution in [2.75, 3.05) is 0 Å². The minimum atomic E-state index is 0.326. The van der Waals surface area contributed by atoms with Crippen molar-refractivity contribution in [3.8, 4) is 0 Å². The van der Waals surface area contributed by atoms with Crippen LogP contribution in [-0.4, -0.2) is 10.2 Å². The van der Waals surface area contributed by atoms with Crippen molar-refractivity contribution in [2.24, 2.45) is 5.73 Å². The van der Waals surface area contributed by atoms with Crippen molar-refractivity contribution in [2.45, 2.75) is 19.9 Å². The molecule has 1 aromatic rings. The van der Waals surface area contributed by atoms with Gasteiger partial charge in [0.25, 0.3) is 0 Å². The summed E-state index contributed by atoms with van der Waals surface area (Å²) in [5.41, 5.74) is 5.22. The molecule has 9 heavy (non-hydrogen) atoms.